The van der Waals surface area contributed by atoms with Crippen molar-refractivity contribution in [1.29, 1.82) is 0 Å². The fourth-order valence-corrected chi connectivity index (χ4v) is 3.54. The number of piperidine rings is 1. The largest absolute Gasteiger partial charge is 0.495 e. The van der Waals surface area contributed by atoms with Gasteiger partial charge in [0.25, 0.3) is 0 Å². The van der Waals surface area contributed by atoms with Crippen LogP contribution in [0.4, 0.5) is 10.5 Å². The minimum absolute atomic E-state index is 0.0226. The predicted octanol–water partition coefficient (Wildman–Crippen LogP) is 1.51. The molecule has 0 saturated carbocycles. The molecule has 136 valence electrons. The van der Waals surface area contributed by atoms with Crippen LogP contribution in [0, 0.1) is 0 Å². The summed E-state index contributed by atoms with van der Waals surface area (Å²) in [5, 5.41) is 5.77. The van der Waals surface area contributed by atoms with Gasteiger partial charge in [0.2, 0.25) is 5.91 Å². The summed E-state index contributed by atoms with van der Waals surface area (Å²) in [5.41, 5.74) is 0.695. The van der Waals surface area contributed by atoms with Crippen molar-refractivity contribution in [3.05, 3.63) is 24.3 Å². The van der Waals surface area contributed by atoms with Crippen LogP contribution in [0.1, 0.15) is 19.3 Å². The Morgan fingerprint density at radius 2 is 2.20 bits per heavy atom. The maximum atomic E-state index is 12.2. The third-order valence-electron chi connectivity index (χ3n) is 4.85. The third-order valence-corrected chi connectivity index (χ3v) is 4.85. The Labute approximate surface area is 148 Å². The Morgan fingerprint density at radius 3 is 2.96 bits per heavy atom. The molecule has 0 aliphatic carbocycles. The standard InChI is InChI=1S/C18H26N4O3/c1-25-16-7-3-2-6-15(16)20-17(23)8-11-21-10-4-5-14(13-21)22-12-9-19-18(22)24/h2-3,6-7,14H,4-5,8-13H2,1H3,(H,19,24)(H,20,23)/t14-/m0/s1. The summed E-state index contributed by atoms with van der Waals surface area (Å²) in [6.07, 6.45) is 2.52. The second-order valence-corrected chi connectivity index (χ2v) is 6.52. The molecule has 7 nitrogen and oxygen atoms in total. The zero-order valence-corrected chi connectivity index (χ0v) is 14.7. The molecule has 1 atom stereocenters. The van der Waals surface area contributed by atoms with E-state index < -0.39 is 0 Å². The Hall–Kier alpha value is -2.28. The first-order valence-electron chi connectivity index (χ1n) is 8.87. The molecule has 0 spiro atoms. The third kappa shape index (κ3) is 4.42. The van der Waals surface area contributed by atoms with Gasteiger partial charge in [0.1, 0.15) is 5.75 Å². The van der Waals surface area contributed by atoms with Crippen molar-refractivity contribution in [2.75, 3.05) is 45.2 Å². The van der Waals surface area contributed by atoms with Crippen molar-refractivity contribution >= 4 is 17.6 Å². The second kappa shape index (κ2) is 8.20. The molecule has 1 aromatic rings. The van der Waals surface area contributed by atoms with Gasteiger partial charge in [-0.2, -0.15) is 0 Å². The fraction of sp³-hybridized carbons (Fsp3) is 0.556. The highest BCUT2D eigenvalue weighted by atomic mass is 16.5. The van der Waals surface area contributed by atoms with E-state index in [2.05, 4.69) is 15.5 Å². The van der Waals surface area contributed by atoms with E-state index in [1.54, 1.807) is 7.11 Å². The van der Waals surface area contributed by atoms with Crippen molar-refractivity contribution < 1.29 is 14.3 Å². The first-order valence-corrected chi connectivity index (χ1v) is 8.87. The molecule has 0 unspecified atom stereocenters. The smallest absolute Gasteiger partial charge is 0.317 e. The number of hydrogen-bond donors (Lipinski definition) is 2. The molecule has 3 amide bonds. The van der Waals surface area contributed by atoms with Gasteiger partial charge in [-0.1, -0.05) is 12.1 Å². The van der Waals surface area contributed by atoms with Crippen molar-refractivity contribution in [2.45, 2.75) is 25.3 Å². The van der Waals surface area contributed by atoms with Crippen LogP contribution < -0.4 is 15.4 Å². The van der Waals surface area contributed by atoms with Crippen molar-refractivity contribution in [1.82, 2.24) is 15.1 Å². The number of urea groups is 1. The number of methoxy groups -OCH3 is 1. The maximum Gasteiger partial charge on any atom is 0.317 e. The van der Waals surface area contributed by atoms with Crippen molar-refractivity contribution in [2.24, 2.45) is 0 Å². The summed E-state index contributed by atoms with van der Waals surface area (Å²) >= 11 is 0. The molecular formula is C18H26N4O3. The Bertz CT molecular complexity index is 622. The predicted molar refractivity (Wildman–Crippen MR) is 95.8 cm³/mol. The van der Waals surface area contributed by atoms with E-state index in [9.17, 15) is 9.59 Å². The van der Waals surface area contributed by atoms with Crippen LogP contribution in [-0.2, 0) is 4.79 Å². The fourth-order valence-electron chi connectivity index (χ4n) is 3.54. The molecular weight excluding hydrogens is 320 g/mol. The number of benzene rings is 1. The van der Waals surface area contributed by atoms with E-state index in [4.69, 9.17) is 4.74 Å². The van der Waals surface area contributed by atoms with Gasteiger partial charge in [-0.05, 0) is 31.5 Å². The molecule has 0 radical (unpaired) electrons. The van der Waals surface area contributed by atoms with Gasteiger partial charge in [-0.15, -0.1) is 0 Å². The summed E-state index contributed by atoms with van der Waals surface area (Å²) in [4.78, 5) is 28.3. The van der Waals surface area contributed by atoms with Crippen molar-refractivity contribution in [3.63, 3.8) is 0 Å². The Balaban J connectivity index is 1.47. The van der Waals surface area contributed by atoms with E-state index in [0.717, 1.165) is 39.0 Å². The quantitative estimate of drug-likeness (QED) is 0.819. The molecule has 7 heteroatoms. The van der Waals surface area contributed by atoms with Crippen LogP contribution in [-0.4, -0.2) is 67.6 Å². The normalized spacial score (nSPS) is 21.1. The molecule has 2 N–H and O–H groups in total. The topological polar surface area (TPSA) is 73.9 Å². The molecule has 3 rings (SSSR count). The molecule has 2 heterocycles. The van der Waals surface area contributed by atoms with Gasteiger partial charge in [0, 0.05) is 38.6 Å². The second-order valence-electron chi connectivity index (χ2n) is 6.52. The summed E-state index contributed by atoms with van der Waals surface area (Å²) in [7, 11) is 1.59. The highest BCUT2D eigenvalue weighted by Crippen LogP contribution is 2.23. The number of carbonyl (C=O) groups excluding carboxylic acids is 2. The molecule has 2 aliphatic rings. The molecule has 2 fully saturated rings. The Morgan fingerprint density at radius 1 is 1.36 bits per heavy atom. The lowest BCUT2D eigenvalue weighted by Gasteiger charge is -2.36. The average molecular weight is 346 g/mol. The van der Waals surface area contributed by atoms with Crippen LogP contribution >= 0.6 is 0 Å². The number of nitrogens with one attached hydrogen (secondary N) is 2. The van der Waals surface area contributed by atoms with Gasteiger partial charge in [0.05, 0.1) is 12.8 Å². The minimum Gasteiger partial charge on any atom is -0.495 e. The molecule has 0 bridgehead atoms. The minimum atomic E-state index is -0.0226. The van der Waals surface area contributed by atoms with E-state index in [0.29, 0.717) is 24.4 Å². The van der Waals surface area contributed by atoms with Gasteiger partial charge in [-0.3, -0.25) is 4.79 Å². The number of nitrogens with zero attached hydrogens (tertiary/aromatic N) is 2. The molecule has 25 heavy (non-hydrogen) atoms. The van der Waals surface area contributed by atoms with Gasteiger partial charge >= 0.3 is 6.03 Å². The lowest BCUT2D eigenvalue weighted by Crippen LogP contribution is -2.49. The van der Waals surface area contributed by atoms with Gasteiger partial charge < -0.3 is 25.2 Å². The lowest BCUT2D eigenvalue weighted by atomic mass is 10.0. The van der Waals surface area contributed by atoms with Gasteiger partial charge in [-0.25, -0.2) is 4.79 Å². The number of rotatable bonds is 6. The monoisotopic (exact) mass is 346 g/mol. The van der Waals surface area contributed by atoms with Crippen LogP contribution in [0.3, 0.4) is 0 Å². The first kappa shape index (κ1) is 17.5. The van der Waals surface area contributed by atoms with Crippen LogP contribution in [0.2, 0.25) is 0 Å². The molecule has 2 saturated heterocycles. The van der Waals surface area contributed by atoms with E-state index in [-0.39, 0.29) is 18.0 Å². The molecule has 2 aliphatic heterocycles. The number of amides is 3. The maximum absolute atomic E-state index is 12.2. The number of hydrogen-bond acceptors (Lipinski definition) is 4. The van der Waals surface area contributed by atoms with E-state index in [1.165, 1.54) is 0 Å². The summed E-state index contributed by atoms with van der Waals surface area (Å²) in [6, 6.07) is 7.70. The van der Waals surface area contributed by atoms with E-state index in [1.807, 2.05) is 29.2 Å². The number of ether oxygens (including phenoxy) is 1. The van der Waals surface area contributed by atoms with Gasteiger partial charge in [0.15, 0.2) is 0 Å². The van der Waals surface area contributed by atoms with Crippen LogP contribution in [0.25, 0.3) is 0 Å². The zero-order valence-electron chi connectivity index (χ0n) is 14.7. The average Bonchev–Trinajstić information content (AvgIpc) is 3.07. The lowest BCUT2D eigenvalue weighted by molar-refractivity contribution is -0.116. The van der Waals surface area contributed by atoms with Crippen LogP contribution in [0.15, 0.2) is 24.3 Å². The Kier molecular flexibility index (Phi) is 5.75. The number of para-hydroxylation sites is 2. The highest BCUT2D eigenvalue weighted by Gasteiger charge is 2.31. The molecule has 0 aromatic heterocycles. The number of carbonyl (C=O) groups is 2. The first-order chi connectivity index (χ1) is 12.2. The summed E-state index contributed by atoms with van der Waals surface area (Å²) < 4.78 is 5.25. The van der Waals surface area contributed by atoms with Crippen LogP contribution in [0.5, 0.6) is 5.75 Å². The van der Waals surface area contributed by atoms with E-state index >= 15 is 0 Å². The zero-order chi connectivity index (χ0) is 17.6. The summed E-state index contributed by atoms with van der Waals surface area (Å²) in [6.45, 7) is 4.04. The SMILES string of the molecule is COc1ccccc1NC(=O)CCN1CCC[C@H](N2CCNC2=O)C1. The highest BCUT2D eigenvalue weighted by molar-refractivity contribution is 5.92. The number of likely N-dealkylation sites (tertiary alicyclic amines) is 1. The summed E-state index contributed by atoms with van der Waals surface area (Å²) in [5.74, 6) is 0.638. The van der Waals surface area contributed by atoms with Crippen molar-refractivity contribution in [3.8, 4) is 5.75 Å². The number of anilines is 1. The molecule has 1 aromatic carbocycles.